The number of allylic oxidation sites excluding steroid dienone is 2. The first-order valence-electron chi connectivity index (χ1n) is 12.6. The zero-order valence-electron chi connectivity index (χ0n) is 22.6. The molecular formula is C32H37FO4. The van der Waals surface area contributed by atoms with Gasteiger partial charge in [-0.3, -0.25) is 4.79 Å². The lowest BCUT2D eigenvalue weighted by molar-refractivity contribution is -0.140. The van der Waals surface area contributed by atoms with Crippen LogP contribution < -0.4 is 9.47 Å². The molecule has 0 heterocycles. The highest BCUT2D eigenvalue weighted by molar-refractivity contribution is 5.72. The maximum absolute atomic E-state index is 14.9. The van der Waals surface area contributed by atoms with Gasteiger partial charge in [0.25, 0.3) is 0 Å². The molecule has 1 unspecified atom stereocenters. The van der Waals surface area contributed by atoms with E-state index in [-0.39, 0.29) is 29.5 Å². The van der Waals surface area contributed by atoms with Crippen LogP contribution in [0.15, 0.2) is 72.8 Å². The molecule has 0 saturated heterocycles. The van der Waals surface area contributed by atoms with Gasteiger partial charge in [0.15, 0.2) is 0 Å². The minimum absolute atomic E-state index is 0.0493. The van der Waals surface area contributed by atoms with Crippen molar-refractivity contribution in [1.29, 1.82) is 0 Å². The lowest BCUT2D eigenvalue weighted by Crippen LogP contribution is -2.13. The first-order chi connectivity index (χ1) is 17.7. The summed E-state index contributed by atoms with van der Waals surface area (Å²) in [5.41, 5.74) is 4.16. The molecule has 0 N–H and O–H groups in total. The Hall–Kier alpha value is -3.60. The van der Waals surface area contributed by atoms with Crippen LogP contribution in [0.1, 0.15) is 63.1 Å². The van der Waals surface area contributed by atoms with Crippen LogP contribution in [0.5, 0.6) is 11.5 Å². The molecule has 3 aromatic rings. The largest absolute Gasteiger partial charge is 0.497 e. The fourth-order valence-electron chi connectivity index (χ4n) is 4.23. The second kappa shape index (κ2) is 12.6. The van der Waals surface area contributed by atoms with E-state index in [9.17, 15) is 9.18 Å². The number of carbonyl (C=O) groups excluding carboxylic acids is 1. The van der Waals surface area contributed by atoms with Crippen molar-refractivity contribution in [2.75, 3.05) is 14.2 Å². The van der Waals surface area contributed by atoms with Crippen LogP contribution in [-0.4, -0.2) is 20.2 Å². The number of halogens is 1. The maximum atomic E-state index is 14.9. The molecule has 3 aromatic carbocycles. The Morgan fingerprint density at radius 1 is 0.946 bits per heavy atom. The normalized spacial score (nSPS) is 12.4. The molecule has 0 bridgehead atoms. The summed E-state index contributed by atoms with van der Waals surface area (Å²) in [6.07, 6.45) is 5.29. The van der Waals surface area contributed by atoms with E-state index in [4.69, 9.17) is 14.2 Å². The SMILES string of the molecule is CC/C=C\C(CC(=O)OC)c1ccc(OCc2ccc(C(C)(C)C)c(-c3cc(OC)ccc3F)c2)cc1. The predicted octanol–water partition coefficient (Wildman–Crippen LogP) is 7.99. The highest BCUT2D eigenvalue weighted by Crippen LogP contribution is 2.37. The van der Waals surface area contributed by atoms with Gasteiger partial charge in [0, 0.05) is 11.5 Å². The Bertz CT molecular complexity index is 1220. The van der Waals surface area contributed by atoms with Crippen molar-refractivity contribution in [2.45, 2.75) is 58.5 Å². The average molecular weight is 505 g/mol. The summed E-state index contributed by atoms with van der Waals surface area (Å²) in [5.74, 6) is 0.740. The molecule has 3 rings (SSSR count). The average Bonchev–Trinajstić information content (AvgIpc) is 2.89. The molecule has 0 aliphatic rings. The Morgan fingerprint density at radius 2 is 1.65 bits per heavy atom. The molecule has 0 saturated carbocycles. The number of hydrogen-bond acceptors (Lipinski definition) is 4. The molecular weight excluding hydrogens is 467 g/mol. The molecule has 0 aliphatic carbocycles. The number of carbonyl (C=O) groups is 1. The summed E-state index contributed by atoms with van der Waals surface area (Å²) in [6, 6.07) is 18.6. The third kappa shape index (κ3) is 7.45. The van der Waals surface area contributed by atoms with Crippen molar-refractivity contribution in [3.63, 3.8) is 0 Å². The second-order valence-electron chi connectivity index (χ2n) is 10.1. The quantitative estimate of drug-likeness (QED) is 0.207. The summed E-state index contributed by atoms with van der Waals surface area (Å²) < 4.78 is 31.2. The third-order valence-electron chi connectivity index (χ3n) is 6.29. The Labute approximate surface area is 220 Å². The van der Waals surface area contributed by atoms with Crippen molar-refractivity contribution in [3.05, 3.63) is 95.3 Å². The number of rotatable bonds is 10. The van der Waals surface area contributed by atoms with Crippen LogP contribution in [0.25, 0.3) is 11.1 Å². The summed E-state index contributed by atoms with van der Waals surface area (Å²) >= 11 is 0. The van der Waals surface area contributed by atoms with Crippen LogP contribution in [0.3, 0.4) is 0 Å². The van der Waals surface area contributed by atoms with Gasteiger partial charge in [-0.1, -0.05) is 64.1 Å². The predicted molar refractivity (Wildman–Crippen MR) is 147 cm³/mol. The van der Waals surface area contributed by atoms with Gasteiger partial charge in [-0.15, -0.1) is 0 Å². The van der Waals surface area contributed by atoms with Crippen molar-refractivity contribution in [1.82, 2.24) is 0 Å². The van der Waals surface area contributed by atoms with Crippen LogP contribution in [0.4, 0.5) is 4.39 Å². The highest BCUT2D eigenvalue weighted by atomic mass is 19.1. The monoisotopic (exact) mass is 504 g/mol. The molecule has 196 valence electrons. The molecule has 0 fully saturated rings. The zero-order valence-corrected chi connectivity index (χ0v) is 22.6. The number of hydrogen-bond donors (Lipinski definition) is 0. The molecule has 0 aromatic heterocycles. The molecule has 37 heavy (non-hydrogen) atoms. The Balaban J connectivity index is 1.83. The van der Waals surface area contributed by atoms with Crippen molar-refractivity contribution < 1.29 is 23.4 Å². The molecule has 0 amide bonds. The van der Waals surface area contributed by atoms with Gasteiger partial charge < -0.3 is 14.2 Å². The van der Waals surface area contributed by atoms with Crippen LogP contribution in [0, 0.1) is 5.82 Å². The Morgan fingerprint density at radius 3 is 2.27 bits per heavy atom. The van der Waals surface area contributed by atoms with E-state index in [0.29, 0.717) is 23.7 Å². The molecule has 0 radical (unpaired) electrons. The summed E-state index contributed by atoms with van der Waals surface area (Å²) in [4.78, 5) is 11.8. The van der Waals surface area contributed by atoms with E-state index in [0.717, 1.165) is 28.7 Å². The summed E-state index contributed by atoms with van der Waals surface area (Å²) in [5, 5.41) is 0. The minimum Gasteiger partial charge on any atom is -0.497 e. The van der Waals surface area contributed by atoms with Gasteiger partial charge in [0.05, 0.1) is 20.6 Å². The van der Waals surface area contributed by atoms with Gasteiger partial charge in [-0.05, 0) is 70.5 Å². The van der Waals surface area contributed by atoms with Crippen molar-refractivity contribution >= 4 is 5.97 Å². The fourth-order valence-corrected chi connectivity index (χ4v) is 4.23. The zero-order chi connectivity index (χ0) is 27.0. The molecule has 0 spiro atoms. The lowest BCUT2D eigenvalue weighted by atomic mass is 9.81. The fraction of sp³-hybridized carbons (Fsp3) is 0.344. The van der Waals surface area contributed by atoms with Crippen molar-refractivity contribution in [2.24, 2.45) is 0 Å². The number of esters is 1. The number of methoxy groups -OCH3 is 2. The first-order valence-corrected chi connectivity index (χ1v) is 12.6. The van der Waals surface area contributed by atoms with Crippen LogP contribution in [0.2, 0.25) is 0 Å². The molecule has 4 nitrogen and oxygen atoms in total. The van der Waals surface area contributed by atoms with E-state index >= 15 is 0 Å². The highest BCUT2D eigenvalue weighted by Gasteiger charge is 2.21. The van der Waals surface area contributed by atoms with Crippen molar-refractivity contribution in [3.8, 4) is 22.6 Å². The van der Waals surface area contributed by atoms with Crippen LogP contribution in [-0.2, 0) is 21.6 Å². The lowest BCUT2D eigenvalue weighted by Gasteiger charge is -2.24. The van der Waals surface area contributed by atoms with E-state index in [1.165, 1.54) is 13.2 Å². The van der Waals surface area contributed by atoms with E-state index in [2.05, 4.69) is 33.8 Å². The van der Waals surface area contributed by atoms with E-state index < -0.39 is 0 Å². The minimum atomic E-state index is -0.293. The van der Waals surface area contributed by atoms with Gasteiger partial charge in [0.1, 0.15) is 23.9 Å². The van der Waals surface area contributed by atoms with Gasteiger partial charge in [-0.25, -0.2) is 4.39 Å². The summed E-state index contributed by atoms with van der Waals surface area (Å²) in [7, 11) is 2.98. The first kappa shape index (κ1) is 28.0. The molecule has 1 atom stereocenters. The molecule has 0 aliphatic heterocycles. The van der Waals surface area contributed by atoms with Gasteiger partial charge in [0.2, 0.25) is 0 Å². The summed E-state index contributed by atoms with van der Waals surface area (Å²) in [6.45, 7) is 8.74. The van der Waals surface area contributed by atoms with Crippen LogP contribution >= 0.6 is 0 Å². The third-order valence-corrected chi connectivity index (χ3v) is 6.29. The van der Waals surface area contributed by atoms with E-state index in [1.807, 2.05) is 48.5 Å². The van der Waals surface area contributed by atoms with Gasteiger partial charge >= 0.3 is 5.97 Å². The number of benzene rings is 3. The standard InChI is InChI=1S/C32H37FO4/c1-7-8-9-24(19-31(34)36-6)23-11-13-25(14-12-23)37-21-22-10-16-29(32(2,3)4)27(18-22)28-20-26(35-5)15-17-30(28)33/h8-18,20,24H,7,19,21H2,1-6H3/b9-8-. The molecule has 5 heteroatoms. The van der Waals surface area contributed by atoms with Gasteiger partial charge in [-0.2, -0.15) is 0 Å². The topological polar surface area (TPSA) is 44.8 Å². The second-order valence-corrected chi connectivity index (χ2v) is 10.1. The maximum Gasteiger partial charge on any atom is 0.306 e. The smallest absolute Gasteiger partial charge is 0.306 e. The number of ether oxygens (including phenoxy) is 3. The Kier molecular flexibility index (Phi) is 9.51. The van der Waals surface area contributed by atoms with E-state index in [1.54, 1.807) is 19.2 Å².